The van der Waals surface area contributed by atoms with Crippen LogP contribution < -0.4 is 0 Å². The molecule has 0 heterocycles. The van der Waals surface area contributed by atoms with E-state index in [9.17, 15) is 0 Å². The van der Waals surface area contributed by atoms with Gasteiger partial charge in [-0.2, -0.15) is 0 Å². The Hall–Kier alpha value is -0.780. The smallest absolute Gasteiger partial charge is 0.0125 e. The first-order valence-electron chi connectivity index (χ1n) is 7.51. The topological polar surface area (TPSA) is 0 Å². The van der Waals surface area contributed by atoms with Gasteiger partial charge in [0.1, 0.15) is 0 Å². The van der Waals surface area contributed by atoms with E-state index in [0.29, 0.717) is 11.8 Å². The van der Waals surface area contributed by atoms with Gasteiger partial charge in [0.15, 0.2) is 0 Å². The second-order valence-electron chi connectivity index (χ2n) is 6.70. The zero-order chi connectivity index (χ0) is 13.4. The quantitative estimate of drug-likeness (QED) is 0.580. The minimum atomic E-state index is 0.675. The molecule has 0 nitrogen and oxygen atoms in total. The maximum Gasteiger partial charge on any atom is -0.0125 e. The fourth-order valence-electron chi connectivity index (χ4n) is 3.39. The predicted octanol–water partition coefficient (Wildman–Crippen LogP) is 5.38. The number of hydrogen-bond donors (Lipinski definition) is 0. The third-order valence-electron chi connectivity index (χ3n) is 5.59. The van der Waals surface area contributed by atoms with E-state index in [2.05, 4.69) is 59.8 Å². The minimum Gasteiger partial charge on any atom is -0.0779 e. The van der Waals surface area contributed by atoms with E-state index < -0.39 is 0 Å². The van der Waals surface area contributed by atoms with Crippen LogP contribution in [-0.4, -0.2) is 0 Å². The van der Waals surface area contributed by atoms with Crippen molar-refractivity contribution in [1.29, 1.82) is 0 Å². The first kappa shape index (κ1) is 13.6. The molecule has 0 fully saturated rings. The molecule has 0 bridgehead atoms. The highest BCUT2D eigenvalue weighted by Crippen LogP contribution is 2.41. The Kier molecular flexibility index (Phi) is 3.84. The van der Waals surface area contributed by atoms with Crippen LogP contribution in [-0.2, 0) is 0 Å². The summed E-state index contributed by atoms with van der Waals surface area (Å²) in [7, 11) is 0. The van der Waals surface area contributed by atoms with Gasteiger partial charge in [-0.25, -0.2) is 0 Å². The molecule has 18 heavy (non-hydrogen) atoms. The molecule has 5 unspecified atom stereocenters. The lowest BCUT2D eigenvalue weighted by Gasteiger charge is -2.35. The van der Waals surface area contributed by atoms with Gasteiger partial charge >= 0.3 is 0 Å². The van der Waals surface area contributed by atoms with E-state index in [1.165, 1.54) is 12.0 Å². The lowest BCUT2D eigenvalue weighted by molar-refractivity contribution is 0.296. The Morgan fingerprint density at radius 3 is 2.22 bits per heavy atom. The summed E-state index contributed by atoms with van der Waals surface area (Å²) < 4.78 is 0. The molecule has 0 aliphatic heterocycles. The standard InChI is InChI=1S/C18H28/c1-11-7-8-18(16(6)15(11)5)17-9-12(2)14(4)13(3)10-17/h7-9,12-16H,10H2,1-6H3. The van der Waals surface area contributed by atoms with Crippen molar-refractivity contribution in [1.82, 2.24) is 0 Å². The monoisotopic (exact) mass is 244 g/mol. The van der Waals surface area contributed by atoms with E-state index in [0.717, 1.165) is 17.8 Å². The van der Waals surface area contributed by atoms with Gasteiger partial charge < -0.3 is 0 Å². The number of hydrogen-bond acceptors (Lipinski definition) is 0. The van der Waals surface area contributed by atoms with Gasteiger partial charge in [-0.05, 0) is 54.1 Å². The lowest BCUT2D eigenvalue weighted by Crippen LogP contribution is -2.24. The van der Waals surface area contributed by atoms with Gasteiger partial charge in [-0.15, -0.1) is 0 Å². The minimum absolute atomic E-state index is 0.675. The maximum absolute atomic E-state index is 2.54. The second-order valence-corrected chi connectivity index (χ2v) is 6.70. The Balaban J connectivity index is 2.30. The molecule has 5 atom stereocenters. The molecule has 2 aliphatic rings. The van der Waals surface area contributed by atoms with Gasteiger partial charge in [-0.1, -0.05) is 58.4 Å². The van der Waals surface area contributed by atoms with Crippen molar-refractivity contribution in [3.63, 3.8) is 0 Å². The Morgan fingerprint density at radius 2 is 1.61 bits per heavy atom. The molecule has 0 radical (unpaired) electrons. The summed E-state index contributed by atoms with van der Waals surface area (Å²) in [5.41, 5.74) is 4.74. The van der Waals surface area contributed by atoms with Crippen molar-refractivity contribution in [2.24, 2.45) is 29.6 Å². The zero-order valence-corrected chi connectivity index (χ0v) is 12.8. The number of allylic oxidation sites excluding steroid dienone is 6. The Labute approximate surface area is 113 Å². The lowest BCUT2D eigenvalue weighted by atomic mass is 9.70. The Morgan fingerprint density at radius 1 is 0.944 bits per heavy atom. The zero-order valence-electron chi connectivity index (χ0n) is 12.8. The van der Waals surface area contributed by atoms with Crippen LogP contribution in [0.3, 0.4) is 0 Å². The van der Waals surface area contributed by atoms with E-state index in [1.807, 2.05) is 0 Å². The van der Waals surface area contributed by atoms with Crippen molar-refractivity contribution in [2.45, 2.75) is 48.0 Å². The average molecular weight is 244 g/mol. The van der Waals surface area contributed by atoms with Gasteiger partial charge in [-0.3, -0.25) is 0 Å². The highest BCUT2D eigenvalue weighted by molar-refractivity contribution is 5.42. The van der Waals surface area contributed by atoms with Crippen LogP contribution >= 0.6 is 0 Å². The molecule has 0 aromatic rings. The molecule has 2 aliphatic carbocycles. The largest absolute Gasteiger partial charge is 0.0779 e. The molecule has 0 saturated heterocycles. The predicted molar refractivity (Wildman–Crippen MR) is 80.4 cm³/mol. The first-order valence-corrected chi connectivity index (χ1v) is 7.51. The molecule has 0 saturated carbocycles. The fourth-order valence-corrected chi connectivity index (χ4v) is 3.39. The van der Waals surface area contributed by atoms with E-state index >= 15 is 0 Å². The van der Waals surface area contributed by atoms with Crippen LogP contribution in [0.1, 0.15) is 48.0 Å². The molecule has 100 valence electrons. The van der Waals surface area contributed by atoms with Crippen molar-refractivity contribution in [3.05, 3.63) is 34.9 Å². The van der Waals surface area contributed by atoms with Crippen molar-refractivity contribution < 1.29 is 0 Å². The van der Waals surface area contributed by atoms with Gasteiger partial charge in [0, 0.05) is 0 Å². The van der Waals surface area contributed by atoms with Crippen LogP contribution in [0.5, 0.6) is 0 Å². The summed E-state index contributed by atoms with van der Waals surface area (Å²) >= 11 is 0. The Bertz CT molecular complexity index is 408. The van der Waals surface area contributed by atoms with Crippen LogP contribution in [0, 0.1) is 29.6 Å². The van der Waals surface area contributed by atoms with Gasteiger partial charge in [0.05, 0.1) is 0 Å². The molecular weight excluding hydrogens is 216 g/mol. The fraction of sp³-hybridized carbons (Fsp3) is 0.667. The van der Waals surface area contributed by atoms with Crippen LogP contribution in [0.15, 0.2) is 34.9 Å². The molecule has 2 rings (SSSR count). The summed E-state index contributed by atoms with van der Waals surface area (Å²) in [5, 5.41) is 0. The van der Waals surface area contributed by atoms with E-state index in [4.69, 9.17) is 0 Å². The first-order chi connectivity index (χ1) is 8.41. The summed E-state index contributed by atoms with van der Waals surface area (Å²) in [6.45, 7) is 14.2. The average Bonchev–Trinajstić information content (AvgIpc) is 2.33. The third-order valence-corrected chi connectivity index (χ3v) is 5.59. The molecule has 0 aromatic heterocycles. The van der Waals surface area contributed by atoms with Crippen molar-refractivity contribution >= 4 is 0 Å². The van der Waals surface area contributed by atoms with Gasteiger partial charge in [0.2, 0.25) is 0 Å². The summed E-state index contributed by atoms with van der Waals surface area (Å²) in [6.07, 6.45) is 8.50. The number of rotatable bonds is 1. The molecule has 0 N–H and O–H groups in total. The molecule has 0 spiro atoms. The van der Waals surface area contributed by atoms with Crippen LogP contribution in [0.4, 0.5) is 0 Å². The van der Waals surface area contributed by atoms with Gasteiger partial charge in [0.25, 0.3) is 0 Å². The maximum atomic E-state index is 2.54. The molecular formula is C18H28. The van der Waals surface area contributed by atoms with Crippen molar-refractivity contribution in [2.75, 3.05) is 0 Å². The highest BCUT2D eigenvalue weighted by atomic mass is 14.3. The van der Waals surface area contributed by atoms with E-state index in [1.54, 1.807) is 11.1 Å². The molecule has 0 amide bonds. The third kappa shape index (κ3) is 2.35. The second kappa shape index (κ2) is 5.07. The normalized spacial score (nSPS) is 41.0. The molecule has 0 heteroatoms. The van der Waals surface area contributed by atoms with Crippen molar-refractivity contribution in [3.8, 4) is 0 Å². The van der Waals surface area contributed by atoms with Crippen LogP contribution in [0.2, 0.25) is 0 Å². The van der Waals surface area contributed by atoms with Crippen LogP contribution in [0.25, 0.3) is 0 Å². The SMILES string of the molecule is CC1=CC=C(C2=CC(C)C(C)C(C)C2)C(C)C1C. The molecule has 0 aromatic carbocycles. The summed E-state index contributed by atoms with van der Waals surface area (Å²) in [6, 6.07) is 0. The van der Waals surface area contributed by atoms with E-state index in [-0.39, 0.29) is 0 Å². The summed E-state index contributed by atoms with van der Waals surface area (Å²) in [4.78, 5) is 0. The summed E-state index contributed by atoms with van der Waals surface area (Å²) in [5.74, 6) is 3.72. The highest BCUT2D eigenvalue weighted by Gasteiger charge is 2.29.